The van der Waals surface area contributed by atoms with Crippen LogP contribution >= 0.6 is 11.3 Å². The van der Waals surface area contributed by atoms with Gasteiger partial charge in [-0.15, -0.1) is 11.3 Å². The van der Waals surface area contributed by atoms with Gasteiger partial charge >= 0.3 is 0 Å². The van der Waals surface area contributed by atoms with Gasteiger partial charge in [-0.25, -0.2) is 4.98 Å². The molecule has 2 aromatic rings. The van der Waals surface area contributed by atoms with Crippen molar-refractivity contribution in [3.63, 3.8) is 0 Å². The molecule has 1 unspecified atom stereocenters. The highest BCUT2D eigenvalue weighted by atomic mass is 32.1. The van der Waals surface area contributed by atoms with Crippen LogP contribution in [0.4, 0.5) is 0 Å². The molecule has 2 rings (SSSR count). The van der Waals surface area contributed by atoms with Gasteiger partial charge in [-0.2, -0.15) is 0 Å². The Kier molecular flexibility index (Phi) is 5.95. The number of carbonyl (C=O) groups excluding carboxylic acids is 2. The van der Waals surface area contributed by atoms with Crippen LogP contribution in [0.25, 0.3) is 0 Å². The number of carbonyl (C=O) groups is 2. The Morgan fingerprint density at radius 2 is 1.84 bits per heavy atom. The average Bonchev–Trinajstić information content (AvgIpc) is 2.98. The molecule has 0 spiro atoms. The lowest BCUT2D eigenvalue weighted by Gasteiger charge is -2.19. The summed E-state index contributed by atoms with van der Waals surface area (Å²) in [7, 11) is 0. The molecule has 25 heavy (non-hydrogen) atoms. The maximum atomic E-state index is 12.2. The summed E-state index contributed by atoms with van der Waals surface area (Å²) in [5.41, 5.74) is 2.58. The molecule has 5 nitrogen and oxygen atoms in total. The number of aromatic nitrogens is 1. The van der Waals surface area contributed by atoms with Gasteiger partial charge in [0.1, 0.15) is 0 Å². The minimum Gasteiger partial charge on any atom is -0.346 e. The Bertz CT molecular complexity index is 745. The van der Waals surface area contributed by atoms with E-state index in [9.17, 15) is 9.59 Å². The van der Waals surface area contributed by atoms with Gasteiger partial charge in [0.2, 0.25) is 5.91 Å². The SMILES string of the molecule is Cc1nc(C(C)NC(=O)CNC(=O)c2ccc(C(C)(C)C)cc2)cs1. The number of hydrogen-bond acceptors (Lipinski definition) is 4. The first kappa shape index (κ1) is 19.1. The summed E-state index contributed by atoms with van der Waals surface area (Å²) in [5.74, 6) is -0.495. The molecule has 0 radical (unpaired) electrons. The Balaban J connectivity index is 1.85. The van der Waals surface area contributed by atoms with E-state index in [2.05, 4.69) is 36.4 Å². The number of amides is 2. The fraction of sp³-hybridized carbons (Fsp3) is 0.421. The molecule has 1 aromatic heterocycles. The molecule has 134 valence electrons. The molecule has 2 N–H and O–H groups in total. The van der Waals surface area contributed by atoms with E-state index in [4.69, 9.17) is 0 Å². The Labute approximate surface area is 152 Å². The summed E-state index contributed by atoms with van der Waals surface area (Å²) < 4.78 is 0. The summed E-state index contributed by atoms with van der Waals surface area (Å²) in [4.78, 5) is 28.5. The minimum absolute atomic E-state index is 0.0407. The van der Waals surface area contributed by atoms with Crippen molar-refractivity contribution in [2.45, 2.75) is 46.1 Å². The van der Waals surface area contributed by atoms with Crippen LogP contribution in [0, 0.1) is 6.92 Å². The first-order valence-corrected chi connectivity index (χ1v) is 9.15. The molecular formula is C19H25N3O2S. The summed E-state index contributed by atoms with van der Waals surface area (Å²) in [6.45, 7) is 10.1. The summed E-state index contributed by atoms with van der Waals surface area (Å²) in [5, 5.41) is 8.37. The van der Waals surface area contributed by atoms with Crippen LogP contribution in [-0.4, -0.2) is 23.3 Å². The van der Waals surface area contributed by atoms with Gasteiger partial charge in [0.05, 0.1) is 23.3 Å². The molecule has 6 heteroatoms. The van der Waals surface area contributed by atoms with E-state index in [-0.39, 0.29) is 29.8 Å². The van der Waals surface area contributed by atoms with Crippen LogP contribution in [0.15, 0.2) is 29.6 Å². The van der Waals surface area contributed by atoms with Gasteiger partial charge in [-0.05, 0) is 37.0 Å². The first-order valence-electron chi connectivity index (χ1n) is 8.27. The van der Waals surface area contributed by atoms with Gasteiger partial charge in [-0.1, -0.05) is 32.9 Å². The lowest BCUT2D eigenvalue weighted by Crippen LogP contribution is -2.38. The number of hydrogen-bond donors (Lipinski definition) is 2. The van der Waals surface area contributed by atoms with E-state index in [0.717, 1.165) is 16.3 Å². The lowest BCUT2D eigenvalue weighted by molar-refractivity contribution is -0.120. The Morgan fingerprint density at radius 1 is 1.20 bits per heavy atom. The predicted octanol–water partition coefficient (Wildman–Crippen LogP) is 3.36. The number of nitrogens with zero attached hydrogens (tertiary/aromatic N) is 1. The molecule has 0 aliphatic rings. The van der Waals surface area contributed by atoms with Crippen molar-refractivity contribution in [2.24, 2.45) is 0 Å². The molecule has 2 amide bonds. The Morgan fingerprint density at radius 3 is 2.36 bits per heavy atom. The second-order valence-electron chi connectivity index (χ2n) is 7.09. The minimum atomic E-state index is -0.257. The van der Waals surface area contributed by atoms with Crippen molar-refractivity contribution in [3.05, 3.63) is 51.5 Å². The van der Waals surface area contributed by atoms with Crippen LogP contribution in [0.2, 0.25) is 0 Å². The van der Waals surface area contributed by atoms with Gasteiger partial charge in [-0.3, -0.25) is 9.59 Å². The summed E-state index contributed by atoms with van der Waals surface area (Å²) in [6.07, 6.45) is 0. The van der Waals surface area contributed by atoms with Crippen molar-refractivity contribution in [1.29, 1.82) is 0 Å². The topological polar surface area (TPSA) is 71.1 Å². The van der Waals surface area contributed by atoms with E-state index in [1.807, 2.05) is 31.4 Å². The highest BCUT2D eigenvalue weighted by Gasteiger charge is 2.16. The summed E-state index contributed by atoms with van der Waals surface area (Å²) in [6, 6.07) is 7.28. The van der Waals surface area contributed by atoms with Crippen molar-refractivity contribution >= 4 is 23.2 Å². The monoisotopic (exact) mass is 359 g/mol. The summed E-state index contributed by atoms with van der Waals surface area (Å²) >= 11 is 1.55. The maximum Gasteiger partial charge on any atom is 0.251 e. The third-order valence-corrected chi connectivity index (χ3v) is 4.67. The quantitative estimate of drug-likeness (QED) is 0.860. The van der Waals surface area contributed by atoms with Gasteiger partial charge in [0.25, 0.3) is 5.91 Å². The van der Waals surface area contributed by atoms with Crippen LogP contribution < -0.4 is 10.6 Å². The van der Waals surface area contributed by atoms with E-state index in [0.29, 0.717) is 5.56 Å². The molecule has 1 heterocycles. The van der Waals surface area contributed by atoms with Crippen molar-refractivity contribution in [3.8, 4) is 0 Å². The molecule has 0 aliphatic carbocycles. The average molecular weight is 359 g/mol. The van der Waals surface area contributed by atoms with Gasteiger partial charge < -0.3 is 10.6 Å². The van der Waals surface area contributed by atoms with Crippen LogP contribution in [-0.2, 0) is 10.2 Å². The zero-order chi connectivity index (χ0) is 18.6. The second-order valence-corrected chi connectivity index (χ2v) is 8.15. The number of benzene rings is 1. The zero-order valence-corrected chi connectivity index (χ0v) is 16.2. The fourth-order valence-corrected chi connectivity index (χ4v) is 3.04. The Hall–Kier alpha value is -2.21. The molecule has 1 aromatic carbocycles. The lowest BCUT2D eigenvalue weighted by atomic mass is 9.87. The smallest absolute Gasteiger partial charge is 0.251 e. The predicted molar refractivity (Wildman–Crippen MR) is 101 cm³/mol. The van der Waals surface area contributed by atoms with E-state index < -0.39 is 0 Å². The molecule has 0 aliphatic heterocycles. The first-order chi connectivity index (χ1) is 11.7. The zero-order valence-electron chi connectivity index (χ0n) is 15.3. The van der Waals surface area contributed by atoms with Gasteiger partial charge in [0, 0.05) is 10.9 Å². The number of nitrogens with one attached hydrogen (secondary N) is 2. The molecule has 0 saturated carbocycles. The maximum absolute atomic E-state index is 12.2. The highest BCUT2D eigenvalue weighted by Crippen LogP contribution is 2.22. The van der Waals surface area contributed by atoms with Crippen LogP contribution in [0.3, 0.4) is 0 Å². The normalized spacial score (nSPS) is 12.5. The highest BCUT2D eigenvalue weighted by molar-refractivity contribution is 7.09. The van der Waals surface area contributed by atoms with Crippen LogP contribution in [0.1, 0.15) is 60.4 Å². The second kappa shape index (κ2) is 7.78. The third-order valence-electron chi connectivity index (χ3n) is 3.88. The fourth-order valence-electron chi connectivity index (χ4n) is 2.33. The van der Waals surface area contributed by atoms with Crippen molar-refractivity contribution in [1.82, 2.24) is 15.6 Å². The van der Waals surface area contributed by atoms with Gasteiger partial charge in [0.15, 0.2) is 0 Å². The molecule has 0 fully saturated rings. The number of rotatable bonds is 5. The molecule has 0 saturated heterocycles. The van der Waals surface area contributed by atoms with E-state index in [1.165, 1.54) is 0 Å². The molecular weight excluding hydrogens is 334 g/mol. The number of thiazole rings is 1. The van der Waals surface area contributed by atoms with Crippen molar-refractivity contribution in [2.75, 3.05) is 6.54 Å². The van der Waals surface area contributed by atoms with Crippen LogP contribution in [0.5, 0.6) is 0 Å². The largest absolute Gasteiger partial charge is 0.346 e. The standard InChI is InChI=1S/C19H25N3O2S/c1-12(16-11-25-13(2)22-16)21-17(23)10-20-18(24)14-6-8-15(9-7-14)19(3,4)5/h6-9,11-12H,10H2,1-5H3,(H,20,24)(H,21,23). The van der Waals surface area contributed by atoms with Crippen molar-refractivity contribution < 1.29 is 9.59 Å². The third kappa shape index (κ3) is 5.39. The van der Waals surface area contributed by atoms with E-state index >= 15 is 0 Å². The van der Waals surface area contributed by atoms with E-state index in [1.54, 1.807) is 23.5 Å². The number of aryl methyl sites for hydroxylation is 1. The molecule has 0 bridgehead atoms. The molecule has 1 atom stereocenters.